The number of fused-ring (bicyclic) bond motifs is 1. The van der Waals surface area contributed by atoms with Gasteiger partial charge in [0.25, 0.3) is 5.69 Å². The summed E-state index contributed by atoms with van der Waals surface area (Å²) in [5.41, 5.74) is -0.717. The van der Waals surface area contributed by atoms with Crippen LogP contribution in [0, 0.1) is 10.1 Å². The van der Waals surface area contributed by atoms with Crippen LogP contribution in [0.15, 0.2) is 41.4 Å². The monoisotopic (exact) mass is 484 g/mol. The number of sulfonamides is 1. The summed E-state index contributed by atoms with van der Waals surface area (Å²) in [5.74, 6) is -0.00427. The molecule has 33 heavy (non-hydrogen) atoms. The van der Waals surface area contributed by atoms with E-state index in [2.05, 4.69) is 14.9 Å². The molecule has 14 heteroatoms. The minimum atomic E-state index is -4.52. The van der Waals surface area contributed by atoms with E-state index in [0.29, 0.717) is 25.2 Å². The molecule has 0 radical (unpaired) electrons. The molecule has 0 aliphatic carbocycles. The lowest BCUT2D eigenvalue weighted by Gasteiger charge is -2.33. The van der Waals surface area contributed by atoms with Crippen LogP contribution in [0.2, 0.25) is 0 Å². The number of aromatic nitrogens is 3. The van der Waals surface area contributed by atoms with E-state index in [1.807, 2.05) is 0 Å². The number of nitro benzene ring substituents is 1. The SMILES string of the molecule is CNS(=O)(=O)c1ccc(N2CCC[C@H](c3nnc4ccc(C(F)(F)F)cn34)C2)c([N+](=O)[O-])c1. The summed E-state index contributed by atoms with van der Waals surface area (Å²) in [6.45, 7) is 0.704. The first-order chi connectivity index (χ1) is 15.5. The standard InChI is InChI=1S/C19H19F3N6O4S/c1-23-33(31,32)14-5-6-15(16(9-14)28(29)30)26-8-2-3-12(10-26)18-25-24-17-7-4-13(11-27(17)18)19(20,21)22/h4-7,9,11-12,23H,2-3,8,10H2,1H3/t12-/m0/s1. The van der Waals surface area contributed by atoms with Crippen molar-refractivity contribution in [1.29, 1.82) is 0 Å². The van der Waals surface area contributed by atoms with Crippen LogP contribution in [-0.4, -0.2) is 48.1 Å². The van der Waals surface area contributed by atoms with Gasteiger partial charge in [-0.15, -0.1) is 10.2 Å². The van der Waals surface area contributed by atoms with Crippen LogP contribution < -0.4 is 9.62 Å². The fourth-order valence-electron chi connectivity index (χ4n) is 3.96. The maximum Gasteiger partial charge on any atom is 0.417 e. The Labute approximate surface area is 186 Å². The highest BCUT2D eigenvalue weighted by Gasteiger charge is 2.33. The average molecular weight is 484 g/mol. The quantitative estimate of drug-likeness (QED) is 0.436. The summed E-state index contributed by atoms with van der Waals surface area (Å²) >= 11 is 0. The third-order valence-corrected chi connectivity index (χ3v) is 7.02. The summed E-state index contributed by atoms with van der Waals surface area (Å²) in [7, 11) is -2.67. The predicted octanol–water partition coefficient (Wildman–Crippen LogP) is 2.95. The van der Waals surface area contributed by atoms with E-state index in [1.54, 1.807) is 4.90 Å². The molecule has 4 rings (SSSR count). The van der Waals surface area contributed by atoms with Gasteiger partial charge in [-0.05, 0) is 44.2 Å². The lowest BCUT2D eigenvalue weighted by atomic mass is 9.96. The van der Waals surface area contributed by atoms with E-state index in [9.17, 15) is 31.7 Å². The van der Waals surface area contributed by atoms with Crippen LogP contribution in [0.3, 0.4) is 0 Å². The lowest BCUT2D eigenvalue weighted by Crippen LogP contribution is -2.35. The third-order valence-electron chi connectivity index (χ3n) is 5.61. The van der Waals surface area contributed by atoms with Gasteiger partial charge in [0, 0.05) is 31.3 Å². The Morgan fingerprint density at radius 3 is 2.64 bits per heavy atom. The number of halogens is 3. The average Bonchev–Trinajstić information content (AvgIpc) is 3.21. The Morgan fingerprint density at radius 2 is 1.97 bits per heavy atom. The Morgan fingerprint density at radius 1 is 1.21 bits per heavy atom. The Kier molecular flexibility index (Phi) is 5.74. The first-order valence-corrected chi connectivity index (χ1v) is 11.4. The van der Waals surface area contributed by atoms with Crippen LogP contribution in [0.25, 0.3) is 5.65 Å². The molecule has 0 bridgehead atoms. The molecule has 1 atom stereocenters. The number of alkyl halides is 3. The zero-order valence-electron chi connectivity index (χ0n) is 17.3. The van der Waals surface area contributed by atoms with Gasteiger partial charge in [0.1, 0.15) is 11.5 Å². The van der Waals surface area contributed by atoms with Crippen molar-refractivity contribution in [3.05, 3.63) is 58.0 Å². The van der Waals surface area contributed by atoms with E-state index in [4.69, 9.17) is 0 Å². The maximum atomic E-state index is 13.2. The molecule has 1 aliphatic rings. The highest BCUT2D eigenvalue weighted by atomic mass is 32.2. The smallest absolute Gasteiger partial charge is 0.365 e. The molecule has 0 amide bonds. The number of hydrogen-bond donors (Lipinski definition) is 1. The van der Waals surface area contributed by atoms with Gasteiger partial charge in [-0.1, -0.05) is 0 Å². The first kappa shape index (κ1) is 22.9. The van der Waals surface area contributed by atoms with Crippen molar-refractivity contribution in [2.75, 3.05) is 25.0 Å². The molecule has 1 aliphatic heterocycles. The van der Waals surface area contributed by atoms with Crippen molar-refractivity contribution in [2.45, 2.75) is 29.8 Å². The Balaban J connectivity index is 1.69. The van der Waals surface area contributed by atoms with Crippen LogP contribution in [0.1, 0.15) is 30.1 Å². The van der Waals surface area contributed by atoms with Gasteiger partial charge in [0.2, 0.25) is 10.0 Å². The van der Waals surface area contributed by atoms with Crippen LogP contribution >= 0.6 is 0 Å². The van der Waals surface area contributed by atoms with Crippen molar-refractivity contribution in [3.8, 4) is 0 Å². The molecule has 2 aromatic heterocycles. The molecule has 1 aromatic carbocycles. The number of nitrogens with zero attached hydrogens (tertiary/aromatic N) is 5. The predicted molar refractivity (Wildman–Crippen MR) is 112 cm³/mol. The third kappa shape index (κ3) is 4.35. The molecule has 0 saturated carbocycles. The Hall–Kier alpha value is -3.26. The van der Waals surface area contributed by atoms with Gasteiger partial charge in [0.05, 0.1) is 15.4 Å². The van der Waals surface area contributed by atoms with Crippen molar-refractivity contribution in [3.63, 3.8) is 0 Å². The number of nitrogens with one attached hydrogen (secondary N) is 1. The number of pyridine rings is 1. The van der Waals surface area contributed by atoms with E-state index >= 15 is 0 Å². The highest BCUT2D eigenvalue weighted by Crippen LogP contribution is 2.36. The molecule has 1 N–H and O–H groups in total. The summed E-state index contributed by atoms with van der Waals surface area (Å²) in [5, 5.41) is 19.7. The second kappa shape index (κ2) is 8.26. The zero-order chi connectivity index (χ0) is 24.0. The van der Waals surface area contributed by atoms with E-state index in [-0.39, 0.29) is 34.4 Å². The second-order valence-corrected chi connectivity index (χ2v) is 9.49. The van der Waals surface area contributed by atoms with Gasteiger partial charge in [-0.3, -0.25) is 14.5 Å². The van der Waals surface area contributed by atoms with Gasteiger partial charge >= 0.3 is 6.18 Å². The number of rotatable bonds is 5. The first-order valence-electron chi connectivity index (χ1n) is 9.90. The summed E-state index contributed by atoms with van der Waals surface area (Å²) in [6, 6.07) is 5.82. The summed E-state index contributed by atoms with van der Waals surface area (Å²) in [6.07, 6.45) is -2.37. The molecule has 3 heterocycles. The maximum absolute atomic E-state index is 13.2. The minimum absolute atomic E-state index is 0.226. The largest absolute Gasteiger partial charge is 0.417 e. The fourth-order valence-corrected chi connectivity index (χ4v) is 4.71. The molecule has 3 aromatic rings. The zero-order valence-corrected chi connectivity index (χ0v) is 18.1. The van der Waals surface area contributed by atoms with Crippen molar-refractivity contribution >= 4 is 27.0 Å². The molecule has 1 saturated heterocycles. The highest BCUT2D eigenvalue weighted by molar-refractivity contribution is 7.89. The second-order valence-electron chi connectivity index (χ2n) is 7.60. The lowest BCUT2D eigenvalue weighted by molar-refractivity contribution is -0.384. The normalized spacial score (nSPS) is 17.5. The van der Waals surface area contributed by atoms with E-state index in [0.717, 1.165) is 18.3 Å². The van der Waals surface area contributed by atoms with Crippen molar-refractivity contribution < 1.29 is 26.5 Å². The molecular weight excluding hydrogens is 465 g/mol. The Bertz CT molecular complexity index is 1320. The number of piperidine rings is 1. The molecule has 10 nitrogen and oxygen atoms in total. The van der Waals surface area contributed by atoms with E-state index < -0.39 is 26.7 Å². The number of benzene rings is 1. The minimum Gasteiger partial charge on any atom is -0.365 e. The van der Waals surface area contributed by atoms with Crippen LogP contribution in [-0.2, 0) is 16.2 Å². The van der Waals surface area contributed by atoms with Gasteiger partial charge in [-0.25, -0.2) is 13.1 Å². The molecule has 0 spiro atoms. The number of anilines is 1. The number of hydrogen-bond acceptors (Lipinski definition) is 7. The summed E-state index contributed by atoms with van der Waals surface area (Å²) in [4.78, 5) is 12.5. The van der Waals surface area contributed by atoms with Gasteiger partial charge in [0.15, 0.2) is 5.65 Å². The molecule has 176 valence electrons. The summed E-state index contributed by atoms with van der Waals surface area (Å²) < 4.78 is 67.0. The number of nitro groups is 1. The van der Waals surface area contributed by atoms with Crippen LogP contribution in [0.5, 0.6) is 0 Å². The molecular formula is C19H19F3N6O4S. The fraction of sp³-hybridized carbons (Fsp3) is 0.368. The molecule has 0 unspecified atom stereocenters. The molecule has 1 fully saturated rings. The van der Waals surface area contributed by atoms with E-state index in [1.165, 1.54) is 29.6 Å². The van der Waals surface area contributed by atoms with Crippen molar-refractivity contribution in [2.24, 2.45) is 0 Å². The van der Waals surface area contributed by atoms with Crippen LogP contribution in [0.4, 0.5) is 24.5 Å². The van der Waals surface area contributed by atoms with Gasteiger partial charge in [-0.2, -0.15) is 13.2 Å². The van der Waals surface area contributed by atoms with Crippen molar-refractivity contribution in [1.82, 2.24) is 19.3 Å². The topological polar surface area (TPSA) is 123 Å². The van der Waals surface area contributed by atoms with Gasteiger partial charge < -0.3 is 4.90 Å².